The van der Waals surface area contributed by atoms with Crippen LogP contribution in [0.4, 0.5) is 0 Å². The van der Waals surface area contributed by atoms with Gasteiger partial charge in [-0.05, 0) is 50.8 Å². The van der Waals surface area contributed by atoms with Gasteiger partial charge in [-0.15, -0.1) is 11.3 Å². The third kappa shape index (κ3) is 4.11. The highest BCUT2D eigenvalue weighted by atomic mass is 32.1. The zero-order chi connectivity index (χ0) is 21.3. The first-order valence-corrected chi connectivity index (χ1v) is 10.8. The third-order valence-electron chi connectivity index (χ3n) is 5.17. The number of nitrogens with one attached hydrogen (secondary N) is 1. The summed E-state index contributed by atoms with van der Waals surface area (Å²) in [7, 11) is 0. The fourth-order valence-electron chi connectivity index (χ4n) is 3.69. The zero-order valence-corrected chi connectivity index (χ0v) is 18.1. The first kappa shape index (κ1) is 20.2. The van der Waals surface area contributed by atoms with E-state index in [1.54, 1.807) is 0 Å². The van der Waals surface area contributed by atoms with E-state index in [1.165, 1.54) is 27.8 Å². The third-order valence-corrected chi connectivity index (χ3v) is 6.23. The Kier molecular flexibility index (Phi) is 5.63. The lowest BCUT2D eigenvalue weighted by atomic mass is 10.1. The lowest BCUT2D eigenvalue weighted by Crippen LogP contribution is -2.37. The molecule has 1 N–H and O–H groups in total. The van der Waals surface area contributed by atoms with Crippen LogP contribution in [0, 0.1) is 13.8 Å². The topological polar surface area (TPSA) is 76.9 Å². The SMILES string of the molecule is Cc1cc(C)c2c(n1)sc1c(=O)n(CC(=O)N[C@H](C)CCc3ccccc3)cnc12. The molecule has 0 bridgehead atoms. The molecule has 0 aliphatic heterocycles. The first-order valence-electron chi connectivity index (χ1n) is 10.0. The number of fused-ring (bicyclic) bond motifs is 3. The smallest absolute Gasteiger partial charge is 0.271 e. The molecule has 0 saturated carbocycles. The summed E-state index contributed by atoms with van der Waals surface area (Å²) >= 11 is 1.34. The van der Waals surface area contributed by atoms with Gasteiger partial charge < -0.3 is 5.32 Å². The van der Waals surface area contributed by atoms with Crippen LogP contribution in [0.3, 0.4) is 0 Å². The Balaban J connectivity index is 1.48. The average molecular weight is 421 g/mol. The van der Waals surface area contributed by atoms with Gasteiger partial charge in [-0.1, -0.05) is 30.3 Å². The molecule has 4 aromatic rings. The summed E-state index contributed by atoms with van der Waals surface area (Å²) in [4.78, 5) is 35.3. The van der Waals surface area contributed by atoms with Gasteiger partial charge >= 0.3 is 0 Å². The van der Waals surface area contributed by atoms with Crippen LogP contribution in [0.15, 0.2) is 47.5 Å². The van der Waals surface area contributed by atoms with E-state index in [-0.39, 0.29) is 24.1 Å². The van der Waals surface area contributed by atoms with Crippen molar-refractivity contribution in [3.8, 4) is 0 Å². The van der Waals surface area contributed by atoms with E-state index in [0.717, 1.165) is 34.3 Å². The maximum absolute atomic E-state index is 13.0. The molecule has 3 aromatic heterocycles. The van der Waals surface area contributed by atoms with Crippen LogP contribution < -0.4 is 10.9 Å². The molecule has 0 saturated heterocycles. The predicted molar refractivity (Wildman–Crippen MR) is 121 cm³/mol. The van der Waals surface area contributed by atoms with Crippen LogP contribution in [0.25, 0.3) is 20.4 Å². The number of carbonyl (C=O) groups is 1. The standard InChI is InChI=1S/C23H24N4O2S/c1-14-11-16(3)26-22-19(14)20-21(30-22)23(29)27(13-24-20)12-18(28)25-15(2)9-10-17-7-5-4-6-8-17/h4-8,11,13,15H,9-10,12H2,1-3H3,(H,25,28)/t15-/m1/s1. The molecule has 0 unspecified atom stereocenters. The average Bonchev–Trinajstić information content (AvgIpc) is 3.08. The number of pyridine rings is 1. The fraction of sp³-hybridized carbons (Fsp3) is 0.304. The lowest BCUT2D eigenvalue weighted by molar-refractivity contribution is -0.122. The zero-order valence-electron chi connectivity index (χ0n) is 17.3. The molecule has 0 spiro atoms. The largest absolute Gasteiger partial charge is 0.352 e. The molecule has 1 atom stereocenters. The molecule has 30 heavy (non-hydrogen) atoms. The van der Waals surface area contributed by atoms with E-state index >= 15 is 0 Å². The molecule has 3 heterocycles. The summed E-state index contributed by atoms with van der Waals surface area (Å²) in [5, 5.41) is 3.90. The quantitative estimate of drug-likeness (QED) is 0.515. The van der Waals surface area contributed by atoms with E-state index in [1.807, 2.05) is 45.0 Å². The number of rotatable bonds is 6. The van der Waals surface area contributed by atoms with E-state index in [4.69, 9.17) is 0 Å². The Morgan fingerprint density at radius 2 is 2.00 bits per heavy atom. The van der Waals surface area contributed by atoms with Gasteiger partial charge in [-0.2, -0.15) is 0 Å². The van der Waals surface area contributed by atoms with Crippen LogP contribution in [0.5, 0.6) is 0 Å². The molecular weight excluding hydrogens is 396 g/mol. The molecule has 1 amide bonds. The van der Waals surface area contributed by atoms with E-state index in [9.17, 15) is 9.59 Å². The van der Waals surface area contributed by atoms with Gasteiger partial charge in [0.1, 0.15) is 16.1 Å². The van der Waals surface area contributed by atoms with Crippen molar-refractivity contribution in [2.24, 2.45) is 0 Å². The Labute approximate surface area is 178 Å². The first-order chi connectivity index (χ1) is 14.4. The molecular formula is C23H24N4O2S. The van der Waals surface area contributed by atoms with Crippen molar-refractivity contribution in [2.45, 2.75) is 46.2 Å². The van der Waals surface area contributed by atoms with Crippen LogP contribution in [-0.4, -0.2) is 26.5 Å². The van der Waals surface area contributed by atoms with Crippen molar-refractivity contribution in [3.05, 3.63) is 69.9 Å². The molecule has 1 aromatic carbocycles. The van der Waals surface area contributed by atoms with Crippen molar-refractivity contribution in [1.82, 2.24) is 19.9 Å². The number of amides is 1. The highest BCUT2D eigenvalue weighted by Crippen LogP contribution is 2.31. The summed E-state index contributed by atoms with van der Waals surface area (Å²) in [5.41, 5.74) is 3.67. The summed E-state index contributed by atoms with van der Waals surface area (Å²) in [6.45, 7) is 5.87. The number of carbonyl (C=O) groups excluding carboxylic acids is 1. The van der Waals surface area contributed by atoms with Gasteiger partial charge in [-0.3, -0.25) is 14.2 Å². The summed E-state index contributed by atoms with van der Waals surface area (Å²) in [6, 6.07) is 12.2. The maximum Gasteiger partial charge on any atom is 0.271 e. The number of hydrogen-bond acceptors (Lipinski definition) is 5. The Bertz CT molecular complexity index is 1280. The molecule has 0 aliphatic rings. The number of aryl methyl sites for hydroxylation is 3. The van der Waals surface area contributed by atoms with Gasteiger partial charge in [0, 0.05) is 17.1 Å². The Hall–Kier alpha value is -3.06. The molecule has 4 rings (SSSR count). The van der Waals surface area contributed by atoms with Crippen molar-refractivity contribution >= 4 is 37.7 Å². The van der Waals surface area contributed by atoms with Crippen molar-refractivity contribution in [1.29, 1.82) is 0 Å². The van der Waals surface area contributed by atoms with Gasteiger partial charge in [0.25, 0.3) is 5.56 Å². The van der Waals surface area contributed by atoms with Gasteiger partial charge in [0.05, 0.1) is 11.8 Å². The minimum atomic E-state index is -0.202. The number of hydrogen-bond donors (Lipinski definition) is 1. The van der Waals surface area contributed by atoms with Crippen LogP contribution in [0.1, 0.15) is 30.2 Å². The Morgan fingerprint density at radius 1 is 1.23 bits per heavy atom. The molecule has 7 heteroatoms. The monoisotopic (exact) mass is 420 g/mol. The second kappa shape index (κ2) is 8.36. The van der Waals surface area contributed by atoms with Crippen molar-refractivity contribution in [2.75, 3.05) is 0 Å². The van der Waals surface area contributed by atoms with E-state index < -0.39 is 0 Å². The minimum absolute atomic E-state index is 0.0178. The van der Waals surface area contributed by atoms with Crippen LogP contribution >= 0.6 is 11.3 Å². The second-order valence-corrected chi connectivity index (χ2v) is 8.71. The maximum atomic E-state index is 13.0. The Morgan fingerprint density at radius 3 is 2.77 bits per heavy atom. The van der Waals surface area contributed by atoms with Crippen molar-refractivity contribution < 1.29 is 4.79 Å². The predicted octanol–water partition coefficient (Wildman–Crippen LogP) is 3.76. The highest BCUT2D eigenvalue weighted by Gasteiger charge is 2.16. The summed E-state index contributed by atoms with van der Waals surface area (Å²) in [5.74, 6) is -0.190. The van der Waals surface area contributed by atoms with Gasteiger partial charge in [0.15, 0.2) is 0 Å². The molecule has 6 nitrogen and oxygen atoms in total. The van der Waals surface area contributed by atoms with Gasteiger partial charge in [0.2, 0.25) is 5.91 Å². The van der Waals surface area contributed by atoms with Crippen LogP contribution in [0.2, 0.25) is 0 Å². The van der Waals surface area contributed by atoms with Crippen molar-refractivity contribution in [3.63, 3.8) is 0 Å². The molecule has 0 fully saturated rings. The van der Waals surface area contributed by atoms with Crippen LogP contribution in [-0.2, 0) is 17.8 Å². The highest BCUT2D eigenvalue weighted by molar-refractivity contribution is 7.25. The summed E-state index contributed by atoms with van der Waals surface area (Å²) in [6.07, 6.45) is 3.19. The number of thiophene rings is 1. The fourth-order valence-corrected chi connectivity index (χ4v) is 4.89. The van der Waals surface area contributed by atoms with Gasteiger partial charge in [-0.25, -0.2) is 9.97 Å². The summed E-state index contributed by atoms with van der Waals surface area (Å²) < 4.78 is 1.91. The number of benzene rings is 1. The minimum Gasteiger partial charge on any atom is -0.352 e. The second-order valence-electron chi connectivity index (χ2n) is 7.71. The normalized spacial score (nSPS) is 12.4. The number of nitrogens with zero attached hydrogens (tertiary/aromatic N) is 3. The molecule has 0 radical (unpaired) electrons. The number of aromatic nitrogens is 3. The molecule has 0 aliphatic carbocycles. The lowest BCUT2D eigenvalue weighted by Gasteiger charge is -2.14. The molecule has 154 valence electrons. The van der Waals surface area contributed by atoms with E-state index in [2.05, 4.69) is 27.4 Å². The van der Waals surface area contributed by atoms with E-state index in [0.29, 0.717) is 10.2 Å².